The average molecular weight is 367 g/mol. The number of ether oxygens (including phenoxy) is 1. The van der Waals surface area contributed by atoms with Gasteiger partial charge in [-0.2, -0.15) is 0 Å². The molecule has 0 bridgehead atoms. The van der Waals surface area contributed by atoms with Gasteiger partial charge in [-0.05, 0) is 48.9 Å². The first-order chi connectivity index (χ1) is 13.0. The van der Waals surface area contributed by atoms with E-state index in [1.54, 1.807) is 7.11 Å². The summed E-state index contributed by atoms with van der Waals surface area (Å²) in [5, 5.41) is 12.3. The number of carboxylic acid groups (broad SMARTS) is 1. The fourth-order valence-electron chi connectivity index (χ4n) is 3.45. The van der Waals surface area contributed by atoms with Gasteiger partial charge in [0.05, 0.1) is 13.0 Å². The summed E-state index contributed by atoms with van der Waals surface area (Å²) in [7, 11) is 1.62. The Balaban J connectivity index is 1.55. The van der Waals surface area contributed by atoms with Crippen LogP contribution in [0, 0.1) is 18.8 Å². The Bertz CT molecular complexity index is 833. The van der Waals surface area contributed by atoms with E-state index in [4.69, 9.17) is 4.74 Å². The van der Waals surface area contributed by atoms with E-state index >= 15 is 0 Å². The molecule has 1 fully saturated rings. The van der Waals surface area contributed by atoms with Gasteiger partial charge in [0.25, 0.3) is 0 Å². The van der Waals surface area contributed by atoms with Crippen LogP contribution in [-0.4, -0.2) is 30.6 Å². The van der Waals surface area contributed by atoms with Gasteiger partial charge < -0.3 is 15.2 Å². The number of benzene rings is 2. The van der Waals surface area contributed by atoms with E-state index in [1.165, 1.54) is 0 Å². The molecule has 0 aromatic heterocycles. The van der Waals surface area contributed by atoms with Gasteiger partial charge in [0.2, 0.25) is 5.91 Å². The first-order valence-corrected chi connectivity index (χ1v) is 9.18. The third kappa shape index (κ3) is 4.88. The standard InChI is InChI=1S/C22H25NO4/c1-14-5-3-6-15(9-14)10-17(22(25)26)13-23-21(24)20-12-19(20)16-7-4-8-18(11-16)27-2/h3-9,11,17,19-20H,10,12-13H2,1-2H3,(H,23,24)(H,25,26). The van der Waals surface area contributed by atoms with Crippen molar-refractivity contribution in [3.8, 4) is 5.75 Å². The number of carboxylic acids is 1. The summed E-state index contributed by atoms with van der Waals surface area (Å²) < 4.78 is 5.23. The molecule has 1 amide bonds. The van der Waals surface area contributed by atoms with Crippen LogP contribution in [0.3, 0.4) is 0 Å². The molecule has 2 aromatic carbocycles. The maximum Gasteiger partial charge on any atom is 0.308 e. The number of aryl methyl sites for hydroxylation is 1. The van der Waals surface area contributed by atoms with E-state index in [2.05, 4.69) is 5.32 Å². The molecule has 0 heterocycles. The minimum absolute atomic E-state index is 0.0710. The van der Waals surface area contributed by atoms with Crippen molar-refractivity contribution in [3.05, 3.63) is 65.2 Å². The highest BCUT2D eigenvalue weighted by molar-refractivity contribution is 5.83. The monoisotopic (exact) mass is 367 g/mol. The van der Waals surface area contributed by atoms with Crippen molar-refractivity contribution in [2.45, 2.75) is 25.7 Å². The third-order valence-corrected chi connectivity index (χ3v) is 5.09. The van der Waals surface area contributed by atoms with Crippen LogP contribution in [0.2, 0.25) is 0 Å². The van der Waals surface area contributed by atoms with Crippen molar-refractivity contribution in [2.24, 2.45) is 11.8 Å². The molecule has 0 spiro atoms. The zero-order valence-electron chi connectivity index (χ0n) is 15.6. The molecule has 0 aliphatic heterocycles. The smallest absolute Gasteiger partial charge is 0.308 e. The molecule has 3 atom stereocenters. The summed E-state index contributed by atoms with van der Waals surface area (Å²) >= 11 is 0. The van der Waals surface area contributed by atoms with Crippen LogP contribution in [0.1, 0.15) is 29.0 Å². The summed E-state index contributed by atoms with van der Waals surface area (Å²) in [6.07, 6.45) is 1.19. The van der Waals surface area contributed by atoms with Crippen molar-refractivity contribution in [3.63, 3.8) is 0 Å². The predicted molar refractivity (Wildman–Crippen MR) is 103 cm³/mol. The van der Waals surface area contributed by atoms with E-state index < -0.39 is 11.9 Å². The van der Waals surface area contributed by atoms with Crippen LogP contribution in [0.25, 0.3) is 0 Å². The lowest BCUT2D eigenvalue weighted by atomic mass is 9.98. The number of hydrogen-bond donors (Lipinski definition) is 2. The molecule has 1 aliphatic carbocycles. The summed E-state index contributed by atoms with van der Waals surface area (Å²) in [5.41, 5.74) is 3.15. The molecular formula is C22H25NO4. The van der Waals surface area contributed by atoms with Crippen LogP contribution in [0.15, 0.2) is 48.5 Å². The van der Waals surface area contributed by atoms with Crippen LogP contribution in [0.5, 0.6) is 5.75 Å². The van der Waals surface area contributed by atoms with E-state index in [9.17, 15) is 14.7 Å². The van der Waals surface area contributed by atoms with Gasteiger partial charge in [0.15, 0.2) is 0 Å². The number of aliphatic carboxylic acids is 1. The first kappa shape index (κ1) is 19.0. The Morgan fingerprint density at radius 2 is 2.00 bits per heavy atom. The summed E-state index contributed by atoms with van der Waals surface area (Å²) in [6, 6.07) is 15.6. The molecule has 3 unspecified atom stereocenters. The Hall–Kier alpha value is -2.82. The number of hydrogen-bond acceptors (Lipinski definition) is 3. The van der Waals surface area contributed by atoms with Gasteiger partial charge in [0.1, 0.15) is 5.75 Å². The second-order valence-electron chi connectivity index (χ2n) is 7.20. The Kier molecular flexibility index (Phi) is 5.79. The lowest BCUT2D eigenvalue weighted by molar-refractivity contribution is -0.141. The number of carbonyl (C=O) groups is 2. The van der Waals surface area contributed by atoms with Crippen LogP contribution in [0.4, 0.5) is 0 Å². The fraction of sp³-hybridized carbons (Fsp3) is 0.364. The molecule has 1 aliphatic rings. The van der Waals surface area contributed by atoms with Gasteiger partial charge >= 0.3 is 5.97 Å². The topological polar surface area (TPSA) is 75.6 Å². The summed E-state index contributed by atoms with van der Waals surface area (Å²) in [4.78, 5) is 24.0. The quantitative estimate of drug-likeness (QED) is 0.751. The first-order valence-electron chi connectivity index (χ1n) is 9.18. The minimum Gasteiger partial charge on any atom is -0.497 e. The molecular weight excluding hydrogens is 342 g/mol. The molecule has 0 radical (unpaired) electrons. The SMILES string of the molecule is COc1cccc(C2CC2C(=O)NCC(Cc2cccc(C)c2)C(=O)O)c1. The van der Waals surface area contributed by atoms with Gasteiger partial charge in [-0.25, -0.2) is 0 Å². The van der Waals surface area contributed by atoms with E-state index in [-0.39, 0.29) is 24.3 Å². The van der Waals surface area contributed by atoms with Gasteiger partial charge in [-0.15, -0.1) is 0 Å². The number of nitrogens with one attached hydrogen (secondary N) is 1. The van der Waals surface area contributed by atoms with E-state index in [0.717, 1.165) is 28.9 Å². The molecule has 2 aromatic rings. The van der Waals surface area contributed by atoms with Crippen molar-refractivity contribution < 1.29 is 19.4 Å². The van der Waals surface area contributed by atoms with Crippen molar-refractivity contribution in [1.29, 1.82) is 0 Å². The Morgan fingerprint density at radius 1 is 1.22 bits per heavy atom. The molecule has 142 valence electrons. The summed E-state index contributed by atoms with van der Waals surface area (Å²) in [6.45, 7) is 2.12. The molecule has 27 heavy (non-hydrogen) atoms. The third-order valence-electron chi connectivity index (χ3n) is 5.09. The molecule has 2 N–H and O–H groups in total. The normalized spacial score (nSPS) is 19.2. The van der Waals surface area contributed by atoms with Crippen molar-refractivity contribution in [1.82, 2.24) is 5.32 Å². The summed E-state index contributed by atoms with van der Waals surface area (Å²) in [5.74, 6) is -0.728. The molecule has 3 rings (SSSR count). The average Bonchev–Trinajstić information content (AvgIpc) is 3.45. The maximum absolute atomic E-state index is 12.4. The highest BCUT2D eigenvalue weighted by atomic mass is 16.5. The highest BCUT2D eigenvalue weighted by Crippen LogP contribution is 2.48. The fourth-order valence-corrected chi connectivity index (χ4v) is 3.45. The zero-order valence-corrected chi connectivity index (χ0v) is 15.6. The Labute approximate surface area is 159 Å². The zero-order chi connectivity index (χ0) is 19.4. The second-order valence-corrected chi connectivity index (χ2v) is 7.20. The molecule has 5 nitrogen and oxygen atoms in total. The van der Waals surface area contributed by atoms with Crippen molar-refractivity contribution in [2.75, 3.05) is 13.7 Å². The van der Waals surface area contributed by atoms with Gasteiger partial charge in [-0.3, -0.25) is 9.59 Å². The predicted octanol–water partition coefficient (Wildman–Crippen LogP) is 3.17. The second kappa shape index (κ2) is 8.25. The number of methoxy groups -OCH3 is 1. The lowest BCUT2D eigenvalue weighted by Gasteiger charge is -2.14. The van der Waals surface area contributed by atoms with E-state index in [1.807, 2.05) is 55.5 Å². The lowest BCUT2D eigenvalue weighted by Crippen LogP contribution is -2.35. The van der Waals surface area contributed by atoms with Crippen LogP contribution < -0.4 is 10.1 Å². The molecule has 0 saturated heterocycles. The maximum atomic E-state index is 12.4. The number of rotatable bonds is 8. The number of carbonyl (C=O) groups excluding carboxylic acids is 1. The highest BCUT2D eigenvalue weighted by Gasteiger charge is 2.44. The van der Waals surface area contributed by atoms with Gasteiger partial charge in [-0.1, -0.05) is 42.0 Å². The molecule has 5 heteroatoms. The van der Waals surface area contributed by atoms with E-state index in [0.29, 0.717) is 6.42 Å². The number of amides is 1. The minimum atomic E-state index is -0.892. The molecule has 1 saturated carbocycles. The van der Waals surface area contributed by atoms with Crippen LogP contribution in [-0.2, 0) is 16.0 Å². The van der Waals surface area contributed by atoms with Crippen molar-refractivity contribution >= 4 is 11.9 Å². The largest absolute Gasteiger partial charge is 0.497 e. The Morgan fingerprint density at radius 3 is 2.70 bits per heavy atom. The van der Waals surface area contributed by atoms with Crippen LogP contribution >= 0.6 is 0 Å². The van der Waals surface area contributed by atoms with Gasteiger partial charge in [0, 0.05) is 12.5 Å².